The molecule has 2 atom stereocenters. The molecule has 0 radical (unpaired) electrons. The van der Waals surface area contributed by atoms with E-state index >= 15 is 0 Å². The minimum absolute atomic E-state index is 0.262. The molecule has 1 N–H and O–H groups in total. The van der Waals surface area contributed by atoms with Crippen LogP contribution in [0.5, 0.6) is 0 Å². The lowest BCUT2D eigenvalue weighted by molar-refractivity contribution is -0.143. The minimum atomic E-state index is -0.675. The molecule has 1 saturated heterocycles. The van der Waals surface area contributed by atoms with Crippen molar-refractivity contribution in [2.45, 2.75) is 45.2 Å². The monoisotopic (exact) mass is 171 g/mol. The molecule has 1 fully saturated rings. The van der Waals surface area contributed by atoms with Crippen LogP contribution in [0.1, 0.15) is 33.1 Å². The molecule has 70 valence electrons. The molecule has 0 aliphatic carbocycles. The van der Waals surface area contributed by atoms with Crippen molar-refractivity contribution in [1.82, 2.24) is 4.90 Å². The molecule has 0 spiro atoms. The van der Waals surface area contributed by atoms with Gasteiger partial charge in [-0.2, -0.15) is 0 Å². The molecular weight excluding hydrogens is 154 g/mol. The summed E-state index contributed by atoms with van der Waals surface area (Å²) in [6.45, 7) is 4.99. The standard InChI is InChI=1S/C9H17NO2/c1-3-8(9(11)12)10-6-4-5-7(10)2/h7-8H,3-6H2,1-2H3,(H,11,12). The Labute approximate surface area is 73.4 Å². The van der Waals surface area contributed by atoms with Crippen LogP contribution in [0.3, 0.4) is 0 Å². The maximum atomic E-state index is 10.8. The highest BCUT2D eigenvalue weighted by atomic mass is 16.4. The number of rotatable bonds is 3. The number of carbonyl (C=O) groups is 1. The zero-order valence-electron chi connectivity index (χ0n) is 7.79. The van der Waals surface area contributed by atoms with Gasteiger partial charge in [0.25, 0.3) is 0 Å². The number of hydrogen-bond acceptors (Lipinski definition) is 2. The van der Waals surface area contributed by atoms with Gasteiger partial charge in [-0.25, -0.2) is 0 Å². The third-order valence-electron chi connectivity index (χ3n) is 2.68. The zero-order valence-corrected chi connectivity index (χ0v) is 7.79. The van der Waals surface area contributed by atoms with E-state index in [2.05, 4.69) is 11.8 Å². The van der Waals surface area contributed by atoms with Gasteiger partial charge in [-0.1, -0.05) is 6.92 Å². The van der Waals surface area contributed by atoms with Gasteiger partial charge in [-0.15, -0.1) is 0 Å². The molecule has 1 aliphatic rings. The first-order valence-corrected chi connectivity index (χ1v) is 4.65. The van der Waals surface area contributed by atoms with Gasteiger partial charge < -0.3 is 5.11 Å². The van der Waals surface area contributed by atoms with E-state index in [4.69, 9.17) is 5.11 Å². The number of likely N-dealkylation sites (tertiary alicyclic amines) is 1. The summed E-state index contributed by atoms with van der Waals surface area (Å²) in [6, 6.07) is 0.188. The fourth-order valence-electron chi connectivity index (χ4n) is 1.97. The van der Waals surface area contributed by atoms with Crippen LogP contribution >= 0.6 is 0 Å². The van der Waals surface area contributed by atoms with Crippen molar-refractivity contribution in [3.8, 4) is 0 Å². The second kappa shape index (κ2) is 3.90. The van der Waals surface area contributed by atoms with Gasteiger partial charge in [0.05, 0.1) is 0 Å². The molecule has 12 heavy (non-hydrogen) atoms. The Morgan fingerprint density at radius 2 is 2.42 bits per heavy atom. The van der Waals surface area contributed by atoms with E-state index in [1.165, 1.54) is 0 Å². The summed E-state index contributed by atoms with van der Waals surface area (Å²) >= 11 is 0. The number of aliphatic carboxylic acids is 1. The molecule has 2 unspecified atom stereocenters. The van der Waals surface area contributed by atoms with Crippen molar-refractivity contribution >= 4 is 5.97 Å². The minimum Gasteiger partial charge on any atom is -0.480 e. The Morgan fingerprint density at radius 1 is 1.75 bits per heavy atom. The molecule has 0 amide bonds. The Hall–Kier alpha value is -0.570. The smallest absolute Gasteiger partial charge is 0.320 e. The summed E-state index contributed by atoms with van der Waals surface area (Å²) in [5.41, 5.74) is 0. The van der Waals surface area contributed by atoms with Crippen molar-refractivity contribution in [2.75, 3.05) is 6.54 Å². The van der Waals surface area contributed by atoms with Gasteiger partial charge in [0.1, 0.15) is 6.04 Å². The quantitative estimate of drug-likeness (QED) is 0.696. The first kappa shape index (κ1) is 9.52. The third-order valence-corrected chi connectivity index (χ3v) is 2.68. The SMILES string of the molecule is CCC(C(=O)O)N1CCCC1C. The lowest BCUT2D eigenvalue weighted by atomic mass is 10.1. The lowest BCUT2D eigenvalue weighted by Crippen LogP contribution is -2.42. The number of carboxylic acids is 1. The van der Waals surface area contributed by atoms with E-state index in [0.717, 1.165) is 19.4 Å². The van der Waals surface area contributed by atoms with Crippen molar-refractivity contribution < 1.29 is 9.90 Å². The van der Waals surface area contributed by atoms with Crippen LogP contribution < -0.4 is 0 Å². The van der Waals surface area contributed by atoms with Crippen LogP contribution in [-0.2, 0) is 4.79 Å². The first-order valence-electron chi connectivity index (χ1n) is 4.65. The second-order valence-electron chi connectivity index (χ2n) is 3.49. The zero-order chi connectivity index (χ0) is 9.14. The summed E-state index contributed by atoms with van der Waals surface area (Å²) < 4.78 is 0. The molecular formula is C9H17NO2. The second-order valence-corrected chi connectivity index (χ2v) is 3.49. The maximum Gasteiger partial charge on any atom is 0.320 e. The van der Waals surface area contributed by atoms with E-state index in [-0.39, 0.29) is 6.04 Å². The molecule has 1 rings (SSSR count). The normalized spacial score (nSPS) is 27.3. The van der Waals surface area contributed by atoms with Gasteiger partial charge in [0.15, 0.2) is 0 Å². The number of carboxylic acid groups (broad SMARTS) is 1. The van der Waals surface area contributed by atoms with Gasteiger partial charge in [0.2, 0.25) is 0 Å². The average molecular weight is 171 g/mol. The van der Waals surface area contributed by atoms with Crippen LogP contribution in [0.2, 0.25) is 0 Å². The van der Waals surface area contributed by atoms with Gasteiger partial charge in [-0.05, 0) is 32.7 Å². The van der Waals surface area contributed by atoms with Gasteiger partial charge in [-0.3, -0.25) is 9.69 Å². The summed E-state index contributed by atoms with van der Waals surface area (Å²) in [6.07, 6.45) is 2.99. The first-order chi connectivity index (χ1) is 5.66. The van der Waals surface area contributed by atoms with E-state index in [1.54, 1.807) is 0 Å². The lowest BCUT2D eigenvalue weighted by Gasteiger charge is -2.27. The molecule has 1 heterocycles. The summed E-state index contributed by atoms with van der Waals surface area (Å²) in [7, 11) is 0. The van der Waals surface area contributed by atoms with Gasteiger partial charge in [0, 0.05) is 6.04 Å². The average Bonchev–Trinajstić information content (AvgIpc) is 2.38. The Kier molecular flexibility index (Phi) is 3.09. The van der Waals surface area contributed by atoms with E-state index in [9.17, 15) is 4.79 Å². The Bertz CT molecular complexity index is 170. The van der Waals surface area contributed by atoms with Crippen LogP contribution in [0.25, 0.3) is 0 Å². The fraction of sp³-hybridized carbons (Fsp3) is 0.889. The largest absolute Gasteiger partial charge is 0.480 e. The fourth-order valence-corrected chi connectivity index (χ4v) is 1.97. The highest BCUT2D eigenvalue weighted by molar-refractivity contribution is 5.73. The molecule has 0 bridgehead atoms. The molecule has 0 aromatic heterocycles. The molecule has 0 aromatic rings. The van der Waals surface area contributed by atoms with E-state index < -0.39 is 5.97 Å². The predicted octanol–water partition coefficient (Wildman–Crippen LogP) is 1.33. The molecule has 3 nitrogen and oxygen atoms in total. The van der Waals surface area contributed by atoms with Crippen LogP contribution in [0, 0.1) is 0 Å². The maximum absolute atomic E-state index is 10.8. The van der Waals surface area contributed by atoms with Crippen LogP contribution in [-0.4, -0.2) is 34.6 Å². The topological polar surface area (TPSA) is 40.5 Å². The van der Waals surface area contributed by atoms with Crippen molar-refractivity contribution in [3.05, 3.63) is 0 Å². The van der Waals surface area contributed by atoms with E-state index in [0.29, 0.717) is 12.5 Å². The van der Waals surface area contributed by atoms with Crippen molar-refractivity contribution in [1.29, 1.82) is 0 Å². The summed E-state index contributed by atoms with van der Waals surface area (Å²) in [5.74, 6) is -0.675. The molecule has 1 aliphatic heterocycles. The Balaban J connectivity index is 2.58. The van der Waals surface area contributed by atoms with Crippen molar-refractivity contribution in [3.63, 3.8) is 0 Å². The highest BCUT2D eigenvalue weighted by Gasteiger charge is 2.30. The number of hydrogen-bond donors (Lipinski definition) is 1. The third kappa shape index (κ3) is 1.78. The van der Waals surface area contributed by atoms with Gasteiger partial charge >= 0.3 is 5.97 Å². The summed E-state index contributed by atoms with van der Waals surface area (Å²) in [5, 5.41) is 8.91. The predicted molar refractivity (Wildman–Crippen MR) is 47.1 cm³/mol. The van der Waals surface area contributed by atoms with E-state index in [1.807, 2.05) is 6.92 Å². The molecule has 0 saturated carbocycles. The van der Waals surface area contributed by atoms with Crippen LogP contribution in [0.4, 0.5) is 0 Å². The molecule has 0 aromatic carbocycles. The molecule has 3 heteroatoms. The summed E-state index contributed by atoms with van der Waals surface area (Å²) in [4.78, 5) is 12.9. The van der Waals surface area contributed by atoms with Crippen LogP contribution in [0.15, 0.2) is 0 Å². The highest BCUT2D eigenvalue weighted by Crippen LogP contribution is 2.20. The number of nitrogens with zero attached hydrogens (tertiary/aromatic N) is 1. The van der Waals surface area contributed by atoms with Crippen molar-refractivity contribution in [2.24, 2.45) is 0 Å². The Morgan fingerprint density at radius 3 is 2.75 bits per heavy atom.